The van der Waals surface area contributed by atoms with Gasteiger partial charge in [-0.25, -0.2) is 4.98 Å². The Morgan fingerprint density at radius 2 is 1.85 bits per heavy atom. The largest absolute Gasteiger partial charge is 0.379 e. The second kappa shape index (κ2) is 7.06. The van der Waals surface area contributed by atoms with Crippen LogP contribution < -0.4 is 15.6 Å². The van der Waals surface area contributed by atoms with Crippen LogP contribution in [0.4, 0.5) is 5.69 Å². The molecule has 1 aromatic heterocycles. The van der Waals surface area contributed by atoms with Crippen LogP contribution in [0, 0.1) is 20.8 Å². The summed E-state index contributed by atoms with van der Waals surface area (Å²) in [7, 11) is 0. The molecule has 0 unspecified atom stereocenters. The standard InChI is InChI=1S/C17H23N3/c1-13-10-14(2)17(15(3)11-13)20-9-8-18-12-16-6-4-5-7-19-16/h4-7,10-11,18,20H,8-9,12H2,1-3H3/p+2. The van der Waals surface area contributed by atoms with Crippen LogP contribution in [0.3, 0.4) is 0 Å². The Morgan fingerprint density at radius 3 is 2.50 bits per heavy atom. The van der Waals surface area contributed by atoms with E-state index >= 15 is 0 Å². The van der Waals surface area contributed by atoms with Gasteiger partial charge in [-0.1, -0.05) is 17.7 Å². The number of rotatable bonds is 6. The Morgan fingerprint density at radius 1 is 1.10 bits per heavy atom. The summed E-state index contributed by atoms with van der Waals surface area (Å²) in [6, 6.07) is 10.7. The Labute approximate surface area is 121 Å². The maximum atomic E-state index is 3.55. The summed E-state index contributed by atoms with van der Waals surface area (Å²) in [5.41, 5.74) is 6.54. The second-order valence-corrected chi connectivity index (χ2v) is 5.37. The van der Waals surface area contributed by atoms with E-state index in [-0.39, 0.29) is 0 Å². The third-order valence-electron chi connectivity index (χ3n) is 3.46. The minimum atomic E-state index is 0.984. The topological polar surface area (TPSA) is 42.8 Å². The summed E-state index contributed by atoms with van der Waals surface area (Å²) >= 11 is 0. The molecular formula is C17H25N3+2. The molecule has 0 saturated heterocycles. The smallest absolute Gasteiger partial charge is 0.234 e. The van der Waals surface area contributed by atoms with E-state index in [9.17, 15) is 0 Å². The molecule has 0 amide bonds. The first-order valence-corrected chi connectivity index (χ1v) is 7.26. The van der Waals surface area contributed by atoms with E-state index in [0.717, 1.165) is 19.6 Å². The van der Waals surface area contributed by atoms with Gasteiger partial charge in [0.2, 0.25) is 5.69 Å². The summed E-state index contributed by atoms with van der Waals surface area (Å²) in [6.45, 7) is 9.53. The van der Waals surface area contributed by atoms with Gasteiger partial charge in [0, 0.05) is 17.8 Å². The van der Waals surface area contributed by atoms with Crippen molar-refractivity contribution in [3.63, 3.8) is 0 Å². The fraction of sp³-hybridized carbons (Fsp3) is 0.353. The molecule has 1 heterocycles. The minimum absolute atomic E-state index is 0.984. The molecule has 0 aliphatic heterocycles. The fourth-order valence-corrected chi connectivity index (χ4v) is 2.57. The molecule has 0 aliphatic rings. The monoisotopic (exact) mass is 271 g/mol. The Kier molecular flexibility index (Phi) is 5.13. The zero-order valence-electron chi connectivity index (χ0n) is 12.7. The number of aromatic amines is 1. The molecule has 0 spiro atoms. The summed E-state index contributed by atoms with van der Waals surface area (Å²) in [4.78, 5) is 3.25. The molecule has 0 atom stereocenters. The highest BCUT2D eigenvalue weighted by Gasteiger charge is 2.04. The van der Waals surface area contributed by atoms with E-state index in [1.165, 1.54) is 28.1 Å². The van der Waals surface area contributed by atoms with Crippen LogP contribution in [0.25, 0.3) is 0 Å². The number of hydrogen-bond acceptors (Lipinski definition) is 1. The minimum Gasteiger partial charge on any atom is -0.379 e. The van der Waals surface area contributed by atoms with E-state index < -0.39 is 0 Å². The zero-order valence-corrected chi connectivity index (χ0v) is 12.7. The van der Waals surface area contributed by atoms with Gasteiger partial charge < -0.3 is 10.6 Å². The lowest BCUT2D eigenvalue weighted by atomic mass is 10.1. The van der Waals surface area contributed by atoms with Crippen LogP contribution in [0.2, 0.25) is 0 Å². The number of nitrogens with one attached hydrogen (secondary N) is 2. The van der Waals surface area contributed by atoms with Crippen LogP contribution >= 0.6 is 0 Å². The van der Waals surface area contributed by atoms with Gasteiger partial charge in [0.25, 0.3) is 0 Å². The Balaban J connectivity index is 1.76. The maximum absolute atomic E-state index is 3.55. The highest BCUT2D eigenvalue weighted by atomic mass is 15.0. The van der Waals surface area contributed by atoms with Crippen molar-refractivity contribution in [2.75, 3.05) is 18.4 Å². The molecular weight excluding hydrogens is 246 g/mol. The Bertz CT molecular complexity index is 526. The molecule has 0 bridgehead atoms. The van der Waals surface area contributed by atoms with Crippen LogP contribution in [0.1, 0.15) is 22.4 Å². The van der Waals surface area contributed by atoms with Gasteiger partial charge in [-0.3, -0.25) is 0 Å². The van der Waals surface area contributed by atoms with Crippen molar-refractivity contribution >= 4 is 5.69 Å². The van der Waals surface area contributed by atoms with Crippen molar-refractivity contribution in [2.24, 2.45) is 0 Å². The number of aryl methyl sites for hydroxylation is 3. The first-order chi connectivity index (χ1) is 9.66. The van der Waals surface area contributed by atoms with E-state index in [4.69, 9.17) is 0 Å². The average molecular weight is 271 g/mol. The molecule has 3 heteroatoms. The molecule has 20 heavy (non-hydrogen) atoms. The summed E-state index contributed by atoms with van der Waals surface area (Å²) < 4.78 is 0. The molecule has 0 radical (unpaired) electrons. The van der Waals surface area contributed by atoms with Crippen LogP contribution in [0.5, 0.6) is 0 Å². The maximum Gasteiger partial charge on any atom is 0.234 e. The number of H-pyrrole nitrogens is 1. The predicted octanol–water partition coefficient (Wildman–Crippen LogP) is 1.60. The van der Waals surface area contributed by atoms with Gasteiger partial charge in [0.05, 0.1) is 13.1 Å². The van der Waals surface area contributed by atoms with E-state index in [2.05, 4.69) is 60.7 Å². The van der Waals surface area contributed by atoms with Gasteiger partial charge in [-0.05, 0) is 38.0 Å². The number of hydrogen-bond donors (Lipinski definition) is 2. The summed E-state index contributed by atoms with van der Waals surface area (Å²) in [5.74, 6) is 0. The highest BCUT2D eigenvalue weighted by Crippen LogP contribution is 2.21. The second-order valence-electron chi connectivity index (χ2n) is 5.37. The van der Waals surface area contributed by atoms with Gasteiger partial charge >= 0.3 is 0 Å². The SMILES string of the molecule is Cc1cc(C)c(NCC[NH2+]Cc2cccc[nH+]2)c(C)c1. The Hall–Kier alpha value is -1.87. The summed E-state index contributed by atoms with van der Waals surface area (Å²) in [5, 5.41) is 5.87. The van der Waals surface area contributed by atoms with Gasteiger partial charge in [0.1, 0.15) is 0 Å². The van der Waals surface area contributed by atoms with Crippen LogP contribution in [0.15, 0.2) is 36.5 Å². The van der Waals surface area contributed by atoms with Crippen molar-refractivity contribution in [3.8, 4) is 0 Å². The summed E-state index contributed by atoms with van der Waals surface area (Å²) in [6.07, 6.45) is 1.97. The molecule has 2 aromatic rings. The molecule has 2 rings (SSSR count). The molecule has 106 valence electrons. The molecule has 1 aromatic carbocycles. The van der Waals surface area contributed by atoms with Crippen molar-refractivity contribution in [1.29, 1.82) is 0 Å². The molecule has 0 aliphatic carbocycles. The molecule has 4 N–H and O–H groups in total. The van der Waals surface area contributed by atoms with E-state index in [1.54, 1.807) is 0 Å². The lowest BCUT2D eigenvalue weighted by molar-refractivity contribution is -0.679. The number of pyridine rings is 1. The lowest BCUT2D eigenvalue weighted by Crippen LogP contribution is -2.84. The third-order valence-corrected chi connectivity index (χ3v) is 3.46. The average Bonchev–Trinajstić information content (AvgIpc) is 2.42. The number of nitrogens with two attached hydrogens (primary N) is 1. The first-order valence-electron chi connectivity index (χ1n) is 7.26. The van der Waals surface area contributed by atoms with Crippen LogP contribution in [-0.2, 0) is 6.54 Å². The number of anilines is 1. The normalized spacial score (nSPS) is 10.6. The van der Waals surface area contributed by atoms with Crippen molar-refractivity contribution in [2.45, 2.75) is 27.3 Å². The highest BCUT2D eigenvalue weighted by molar-refractivity contribution is 5.58. The van der Waals surface area contributed by atoms with E-state index in [1.807, 2.05) is 12.3 Å². The molecule has 0 saturated carbocycles. The van der Waals surface area contributed by atoms with Gasteiger partial charge in [-0.2, -0.15) is 0 Å². The zero-order chi connectivity index (χ0) is 14.4. The van der Waals surface area contributed by atoms with E-state index in [0.29, 0.717) is 0 Å². The van der Waals surface area contributed by atoms with Gasteiger partial charge in [0.15, 0.2) is 12.7 Å². The van der Waals surface area contributed by atoms with Crippen molar-refractivity contribution < 1.29 is 10.3 Å². The van der Waals surface area contributed by atoms with Crippen LogP contribution in [-0.4, -0.2) is 13.1 Å². The van der Waals surface area contributed by atoms with Crippen molar-refractivity contribution in [1.82, 2.24) is 0 Å². The third kappa shape index (κ3) is 4.07. The van der Waals surface area contributed by atoms with Gasteiger partial charge in [-0.15, -0.1) is 0 Å². The fourth-order valence-electron chi connectivity index (χ4n) is 2.57. The number of benzene rings is 1. The number of aromatic nitrogens is 1. The first kappa shape index (κ1) is 14.5. The molecule has 3 nitrogen and oxygen atoms in total. The quantitative estimate of drug-likeness (QED) is 0.770. The number of quaternary nitrogens is 1. The molecule has 0 fully saturated rings. The predicted molar refractivity (Wildman–Crippen MR) is 82.6 cm³/mol. The lowest BCUT2D eigenvalue weighted by Gasteiger charge is -2.13. The van der Waals surface area contributed by atoms with Crippen molar-refractivity contribution in [3.05, 3.63) is 58.9 Å².